The molecule has 2 N–H and O–H groups in total. The summed E-state index contributed by atoms with van der Waals surface area (Å²) in [5.41, 5.74) is 3.59. The van der Waals surface area contributed by atoms with E-state index < -0.39 is 5.97 Å². The Morgan fingerprint density at radius 3 is 2.90 bits per heavy atom. The van der Waals surface area contributed by atoms with Gasteiger partial charge in [-0.2, -0.15) is 0 Å². The average Bonchev–Trinajstić information content (AvgIpc) is 3.18. The molecule has 0 bridgehead atoms. The predicted octanol–water partition coefficient (Wildman–Crippen LogP) is 6.41. The van der Waals surface area contributed by atoms with Crippen LogP contribution in [0, 0.1) is 5.92 Å². The Kier molecular flexibility index (Phi) is 6.18. The van der Waals surface area contributed by atoms with E-state index in [1.165, 1.54) is 17.5 Å². The van der Waals surface area contributed by atoms with Crippen LogP contribution in [0.15, 0.2) is 89.4 Å². The highest BCUT2D eigenvalue weighted by Gasteiger charge is 2.20. The van der Waals surface area contributed by atoms with Crippen LogP contribution in [0.1, 0.15) is 34.8 Å². The van der Waals surface area contributed by atoms with Crippen LogP contribution in [0.3, 0.4) is 0 Å². The summed E-state index contributed by atoms with van der Waals surface area (Å²) in [6.07, 6.45) is 7.27. The number of aromatic nitrogens is 1. The maximum absolute atomic E-state index is 11.3. The number of carboxylic acid groups (broad SMARTS) is 1. The van der Waals surface area contributed by atoms with Gasteiger partial charge in [-0.15, -0.1) is 11.3 Å². The number of nitrogens with one attached hydrogen (secondary N) is 1. The van der Waals surface area contributed by atoms with E-state index in [1.807, 2.05) is 24.3 Å². The first-order valence-electron chi connectivity index (χ1n) is 9.68. The van der Waals surface area contributed by atoms with E-state index in [0.29, 0.717) is 5.92 Å². The zero-order valence-corrected chi connectivity index (χ0v) is 18.2. The van der Waals surface area contributed by atoms with Gasteiger partial charge in [-0.05, 0) is 65.8 Å². The highest BCUT2D eigenvalue weighted by atomic mass is 32.2. The van der Waals surface area contributed by atoms with Crippen molar-refractivity contribution in [2.24, 2.45) is 5.92 Å². The number of benzene rings is 2. The third-order valence-corrected chi connectivity index (χ3v) is 7.05. The second kappa shape index (κ2) is 9.00. The second-order valence-electron chi connectivity index (χ2n) is 7.27. The molecule has 3 aromatic rings. The summed E-state index contributed by atoms with van der Waals surface area (Å²) < 4.78 is 4.68. The molecule has 6 heteroatoms. The SMILES string of the molecule is C=C1C=C(CC(NSc2cccc(C(=O)O)c2)c2nc3ccccc3s2)C=CC1C. The lowest BCUT2D eigenvalue weighted by atomic mass is 9.91. The smallest absolute Gasteiger partial charge is 0.335 e. The molecule has 0 saturated heterocycles. The van der Waals surface area contributed by atoms with Gasteiger partial charge in [0.05, 0.1) is 21.8 Å². The van der Waals surface area contributed by atoms with Gasteiger partial charge in [0.2, 0.25) is 0 Å². The Hall–Kier alpha value is -2.67. The molecule has 1 heterocycles. The molecule has 0 aliphatic heterocycles. The monoisotopic (exact) mass is 434 g/mol. The van der Waals surface area contributed by atoms with E-state index in [9.17, 15) is 9.90 Å². The molecule has 0 saturated carbocycles. The Bertz CT molecular complexity index is 1130. The zero-order valence-electron chi connectivity index (χ0n) is 16.5. The van der Waals surface area contributed by atoms with Crippen molar-refractivity contribution in [1.82, 2.24) is 9.71 Å². The van der Waals surface area contributed by atoms with Gasteiger partial charge in [0, 0.05) is 4.90 Å². The van der Waals surface area contributed by atoms with Gasteiger partial charge in [-0.25, -0.2) is 14.5 Å². The molecule has 4 rings (SSSR count). The topological polar surface area (TPSA) is 62.2 Å². The number of hydrogen-bond donors (Lipinski definition) is 2. The largest absolute Gasteiger partial charge is 0.478 e. The maximum Gasteiger partial charge on any atom is 0.335 e. The van der Waals surface area contributed by atoms with Gasteiger partial charge >= 0.3 is 5.97 Å². The first-order valence-corrected chi connectivity index (χ1v) is 11.3. The lowest BCUT2D eigenvalue weighted by Crippen LogP contribution is -2.15. The van der Waals surface area contributed by atoms with Gasteiger partial charge in [-0.3, -0.25) is 0 Å². The number of carboxylic acids is 1. The Morgan fingerprint density at radius 2 is 2.13 bits per heavy atom. The molecule has 0 spiro atoms. The van der Waals surface area contributed by atoms with Crippen molar-refractivity contribution in [1.29, 1.82) is 0 Å². The van der Waals surface area contributed by atoms with E-state index in [-0.39, 0.29) is 11.6 Å². The standard InChI is InChI=1S/C24H22N2O2S2/c1-15-10-11-17(12-16(15)2)13-21(23-25-20-8-3-4-9-22(20)29-23)26-30-19-7-5-6-18(14-19)24(27)28/h3-12,14-15,21,26H,2,13H2,1H3,(H,27,28). The molecule has 1 aliphatic rings. The fourth-order valence-corrected chi connectivity index (χ4v) is 5.12. The number of para-hydroxylation sites is 1. The number of aromatic carboxylic acids is 1. The van der Waals surface area contributed by atoms with Crippen LogP contribution in [0.2, 0.25) is 0 Å². The summed E-state index contributed by atoms with van der Waals surface area (Å²) in [5, 5.41) is 10.3. The number of fused-ring (bicyclic) bond motifs is 1. The van der Waals surface area contributed by atoms with Crippen molar-refractivity contribution >= 4 is 39.5 Å². The van der Waals surface area contributed by atoms with Crippen LogP contribution in [0.4, 0.5) is 0 Å². The van der Waals surface area contributed by atoms with Crippen LogP contribution in [0.25, 0.3) is 10.2 Å². The second-order valence-corrected chi connectivity index (χ2v) is 9.24. The van der Waals surface area contributed by atoms with E-state index in [4.69, 9.17) is 4.98 Å². The van der Waals surface area contributed by atoms with Crippen LogP contribution in [0.5, 0.6) is 0 Å². The van der Waals surface area contributed by atoms with E-state index in [1.54, 1.807) is 29.5 Å². The number of nitrogens with zero attached hydrogens (tertiary/aromatic N) is 1. The summed E-state index contributed by atoms with van der Waals surface area (Å²) in [5.74, 6) is -0.568. The van der Waals surface area contributed by atoms with Crippen molar-refractivity contribution in [3.05, 3.63) is 95.1 Å². The summed E-state index contributed by atoms with van der Waals surface area (Å²) >= 11 is 3.12. The fraction of sp³-hybridized carbons (Fsp3) is 0.167. The average molecular weight is 435 g/mol. The number of rotatable bonds is 7. The van der Waals surface area contributed by atoms with Crippen molar-refractivity contribution < 1.29 is 9.90 Å². The van der Waals surface area contributed by atoms with Gasteiger partial charge in [0.1, 0.15) is 5.01 Å². The van der Waals surface area contributed by atoms with Crippen LogP contribution >= 0.6 is 23.3 Å². The van der Waals surface area contributed by atoms with E-state index in [0.717, 1.165) is 32.1 Å². The van der Waals surface area contributed by atoms with Crippen LogP contribution in [-0.2, 0) is 0 Å². The fourth-order valence-electron chi connectivity index (χ4n) is 3.22. The number of hydrogen-bond acceptors (Lipinski definition) is 5. The number of thiazole rings is 1. The molecule has 0 fully saturated rings. The molecule has 0 amide bonds. The lowest BCUT2D eigenvalue weighted by Gasteiger charge is -2.20. The van der Waals surface area contributed by atoms with Gasteiger partial charge < -0.3 is 5.11 Å². The minimum atomic E-state index is -0.926. The molecule has 4 nitrogen and oxygen atoms in total. The Morgan fingerprint density at radius 1 is 1.30 bits per heavy atom. The van der Waals surface area contributed by atoms with Gasteiger partial charge in [0.25, 0.3) is 0 Å². The molecule has 30 heavy (non-hydrogen) atoms. The summed E-state index contributed by atoms with van der Waals surface area (Å²) in [6.45, 7) is 6.30. The third-order valence-electron chi connectivity index (χ3n) is 5.00. The molecule has 2 aromatic carbocycles. The van der Waals surface area contributed by atoms with E-state index >= 15 is 0 Å². The molecule has 2 unspecified atom stereocenters. The van der Waals surface area contributed by atoms with Crippen LogP contribution < -0.4 is 4.72 Å². The summed E-state index contributed by atoms with van der Waals surface area (Å²) in [7, 11) is 0. The zero-order chi connectivity index (χ0) is 21.1. The first kappa shape index (κ1) is 20.6. The highest BCUT2D eigenvalue weighted by Crippen LogP contribution is 2.34. The third kappa shape index (κ3) is 4.73. The highest BCUT2D eigenvalue weighted by molar-refractivity contribution is 7.97. The van der Waals surface area contributed by atoms with Crippen molar-refractivity contribution in [3.63, 3.8) is 0 Å². The minimum Gasteiger partial charge on any atom is -0.478 e. The molecule has 152 valence electrons. The number of carbonyl (C=O) groups is 1. The molecule has 2 atom stereocenters. The summed E-state index contributed by atoms with van der Waals surface area (Å²) in [6, 6.07) is 15.1. The van der Waals surface area contributed by atoms with Crippen molar-refractivity contribution in [2.75, 3.05) is 0 Å². The Balaban J connectivity index is 1.59. The van der Waals surface area contributed by atoms with Crippen LogP contribution in [-0.4, -0.2) is 16.1 Å². The lowest BCUT2D eigenvalue weighted by molar-refractivity contribution is 0.0696. The van der Waals surface area contributed by atoms with Gasteiger partial charge in [0.15, 0.2) is 0 Å². The van der Waals surface area contributed by atoms with Crippen molar-refractivity contribution in [2.45, 2.75) is 24.3 Å². The molecule has 0 radical (unpaired) electrons. The quantitative estimate of drug-likeness (QED) is 0.421. The summed E-state index contributed by atoms with van der Waals surface area (Å²) in [4.78, 5) is 17.0. The maximum atomic E-state index is 11.3. The molecule has 1 aliphatic carbocycles. The molecular formula is C24H22N2O2S2. The predicted molar refractivity (Wildman–Crippen MR) is 125 cm³/mol. The molecular weight excluding hydrogens is 412 g/mol. The molecule has 1 aromatic heterocycles. The number of allylic oxidation sites excluding steroid dienone is 4. The minimum absolute atomic E-state index is 0.0157. The first-order chi connectivity index (χ1) is 14.5. The van der Waals surface area contributed by atoms with Crippen molar-refractivity contribution in [3.8, 4) is 0 Å². The van der Waals surface area contributed by atoms with E-state index in [2.05, 4.69) is 42.5 Å². The normalized spacial score (nSPS) is 17.2. The van der Waals surface area contributed by atoms with Gasteiger partial charge in [-0.1, -0.05) is 49.9 Å². The Labute approximate surface area is 184 Å².